The predicted molar refractivity (Wildman–Crippen MR) is 53.6 cm³/mol. The van der Waals surface area contributed by atoms with Crippen LogP contribution in [0.1, 0.15) is 5.56 Å². The third-order valence-corrected chi connectivity index (χ3v) is 1.83. The maximum atomic E-state index is 5.45. The van der Waals surface area contributed by atoms with Crippen molar-refractivity contribution in [2.75, 3.05) is 11.9 Å². The summed E-state index contributed by atoms with van der Waals surface area (Å²) in [4.78, 5) is 0. The summed E-state index contributed by atoms with van der Waals surface area (Å²) in [5.41, 5.74) is 6.58. The summed E-state index contributed by atoms with van der Waals surface area (Å²) in [5, 5.41) is 0.853. The van der Waals surface area contributed by atoms with Crippen molar-refractivity contribution in [2.45, 2.75) is 6.54 Å². The molecule has 0 radical (unpaired) electrons. The minimum absolute atomic E-state index is 0.582. The van der Waals surface area contributed by atoms with Crippen molar-refractivity contribution in [3.63, 3.8) is 0 Å². The minimum Gasteiger partial charge on any atom is -0.493 e. The Bertz CT molecular complexity index is 222. The van der Waals surface area contributed by atoms with E-state index in [0.717, 1.165) is 16.6 Å². The average Bonchev–Trinajstić information content (AvgIpc) is 2.15. The molecule has 3 heteroatoms. The first-order chi connectivity index (χ1) is 5.86. The molecule has 0 saturated carbocycles. The van der Waals surface area contributed by atoms with Crippen LogP contribution in [0.3, 0.4) is 0 Å². The Labute approximate surface area is 80.8 Å². The lowest BCUT2D eigenvalue weighted by Crippen LogP contribution is -1.99. The first-order valence-electron chi connectivity index (χ1n) is 3.84. The van der Waals surface area contributed by atoms with E-state index < -0.39 is 0 Å². The lowest BCUT2D eigenvalue weighted by molar-refractivity contribution is 0.345. The molecule has 0 amide bonds. The summed E-state index contributed by atoms with van der Waals surface area (Å²) in [5.74, 6) is 0.895. The van der Waals surface area contributed by atoms with Crippen LogP contribution >= 0.6 is 15.9 Å². The molecule has 0 aliphatic heterocycles. The molecule has 0 fully saturated rings. The minimum atomic E-state index is 0.582. The molecule has 0 aliphatic rings. The zero-order valence-corrected chi connectivity index (χ0v) is 8.38. The second-order valence-electron chi connectivity index (χ2n) is 2.39. The number of benzene rings is 1. The Morgan fingerprint density at radius 1 is 1.25 bits per heavy atom. The highest BCUT2D eigenvalue weighted by molar-refractivity contribution is 9.09. The van der Waals surface area contributed by atoms with E-state index in [2.05, 4.69) is 15.9 Å². The summed E-state index contributed by atoms with van der Waals surface area (Å²) in [6.07, 6.45) is 0. The molecule has 12 heavy (non-hydrogen) atoms. The molecule has 0 aromatic heterocycles. The van der Waals surface area contributed by atoms with Crippen molar-refractivity contribution in [2.24, 2.45) is 5.73 Å². The Kier molecular flexibility index (Phi) is 4.11. The number of hydrogen-bond donors (Lipinski definition) is 1. The van der Waals surface area contributed by atoms with Gasteiger partial charge in [-0.1, -0.05) is 28.1 Å². The van der Waals surface area contributed by atoms with E-state index in [9.17, 15) is 0 Å². The third kappa shape index (κ3) is 2.83. The molecule has 0 aliphatic carbocycles. The van der Waals surface area contributed by atoms with Gasteiger partial charge in [0.05, 0.1) is 6.61 Å². The van der Waals surface area contributed by atoms with E-state index in [1.165, 1.54) is 0 Å². The van der Waals surface area contributed by atoms with E-state index in [-0.39, 0.29) is 0 Å². The molecule has 1 aromatic carbocycles. The number of alkyl halides is 1. The molecule has 0 heterocycles. The molecule has 0 atom stereocenters. The first kappa shape index (κ1) is 9.55. The van der Waals surface area contributed by atoms with Gasteiger partial charge in [0.25, 0.3) is 0 Å². The number of hydrogen-bond acceptors (Lipinski definition) is 2. The molecule has 66 valence electrons. The molecule has 1 rings (SSSR count). The first-order valence-corrected chi connectivity index (χ1v) is 4.96. The van der Waals surface area contributed by atoms with Crippen LogP contribution in [0.2, 0.25) is 0 Å². The normalized spacial score (nSPS) is 9.83. The number of nitrogens with two attached hydrogens (primary N) is 1. The van der Waals surface area contributed by atoms with Gasteiger partial charge in [0.1, 0.15) is 5.75 Å². The lowest BCUT2D eigenvalue weighted by atomic mass is 10.2. The van der Waals surface area contributed by atoms with Crippen molar-refractivity contribution >= 4 is 15.9 Å². The lowest BCUT2D eigenvalue weighted by Gasteiger charge is -2.03. The zero-order chi connectivity index (χ0) is 8.81. The molecule has 0 spiro atoms. The predicted octanol–water partition coefficient (Wildman–Crippen LogP) is 1.92. The van der Waals surface area contributed by atoms with Gasteiger partial charge in [0.2, 0.25) is 0 Å². The van der Waals surface area contributed by atoms with Gasteiger partial charge >= 0.3 is 0 Å². The molecule has 2 N–H and O–H groups in total. The van der Waals surface area contributed by atoms with Gasteiger partial charge in [-0.05, 0) is 17.7 Å². The van der Waals surface area contributed by atoms with Crippen LogP contribution in [0.15, 0.2) is 24.3 Å². The second-order valence-corrected chi connectivity index (χ2v) is 3.18. The van der Waals surface area contributed by atoms with Crippen LogP contribution < -0.4 is 10.5 Å². The van der Waals surface area contributed by atoms with Gasteiger partial charge in [0.15, 0.2) is 0 Å². The van der Waals surface area contributed by atoms with Crippen molar-refractivity contribution in [1.29, 1.82) is 0 Å². The number of ether oxygens (including phenoxy) is 1. The highest BCUT2D eigenvalue weighted by Crippen LogP contribution is 2.11. The highest BCUT2D eigenvalue weighted by atomic mass is 79.9. The molecule has 2 nitrogen and oxygen atoms in total. The van der Waals surface area contributed by atoms with E-state index in [1.54, 1.807) is 0 Å². The Hall–Kier alpha value is -0.540. The SMILES string of the molecule is NCc1ccc(OCCBr)cc1. The molecule has 1 aromatic rings. The smallest absolute Gasteiger partial charge is 0.119 e. The fourth-order valence-electron chi connectivity index (χ4n) is 0.878. The van der Waals surface area contributed by atoms with Crippen molar-refractivity contribution in [3.05, 3.63) is 29.8 Å². The van der Waals surface area contributed by atoms with Crippen LogP contribution in [-0.4, -0.2) is 11.9 Å². The number of rotatable bonds is 4. The zero-order valence-electron chi connectivity index (χ0n) is 6.79. The van der Waals surface area contributed by atoms with Gasteiger partial charge in [0, 0.05) is 11.9 Å². The summed E-state index contributed by atoms with van der Waals surface area (Å²) in [6, 6.07) is 7.82. The van der Waals surface area contributed by atoms with E-state index in [4.69, 9.17) is 10.5 Å². The van der Waals surface area contributed by atoms with Gasteiger partial charge in [-0.2, -0.15) is 0 Å². The third-order valence-electron chi connectivity index (χ3n) is 1.50. The van der Waals surface area contributed by atoms with E-state index >= 15 is 0 Å². The molecular weight excluding hydrogens is 218 g/mol. The summed E-state index contributed by atoms with van der Waals surface area (Å²) >= 11 is 3.29. The van der Waals surface area contributed by atoms with E-state index in [1.807, 2.05) is 24.3 Å². The summed E-state index contributed by atoms with van der Waals surface area (Å²) < 4.78 is 5.37. The molecular formula is C9H12BrNO. The Morgan fingerprint density at radius 3 is 2.42 bits per heavy atom. The van der Waals surface area contributed by atoms with Gasteiger partial charge in [-0.3, -0.25) is 0 Å². The van der Waals surface area contributed by atoms with Crippen LogP contribution in [0.25, 0.3) is 0 Å². The quantitative estimate of drug-likeness (QED) is 0.802. The highest BCUT2D eigenvalue weighted by Gasteiger charge is 1.92. The van der Waals surface area contributed by atoms with Crippen LogP contribution in [-0.2, 0) is 6.54 Å². The number of halogens is 1. The van der Waals surface area contributed by atoms with Crippen LogP contribution in [0.5, 0.6) is 5.75 Å². The van der Waals surface area contributed by atoms with Crippen molar-refractivity contribution in [1.82, 2.24) is 0 Å². The van der Waals surface area contributed by atoms with Crippen LogP contribution in [0.4, 0.5) is 0 Å². The Balaban J connectivity index is 2.53. The standard InChI is InChI=1S/C9H12BrNO/c10-5-6-12-9-3-1-8(7-11)2-4-9/h1-4H,5-7,11H2. The second kappa shape index (κ2) is 5.17. The van der Waals surface area contributed by atoms with Crippen LogP contribution in [0, 0.1) is 0 Å². The van der Waals surface area contributed by atoms with Gasteiger partial charge in [-0.15, -0.1) is 0 Å². The Morgan fingerprint density at radius 2 is 1.92 bits per heavy atom. The fraction of sp³-hybridized carbons (Fsp3) is 0.333. The maximum Gasteiger partial charge on any atom is 0.119 e. The molecule has 0 bridgehead atoms. The fourth-order valence-corrected chi connectivity index (χ4v) is 1.04. The molecule has 0 unspecified atom stereocenters. The monoisotopic (exact) mass is 229 g/mol. The largest absolute Gasteiger partial charge is 0.493 e. The maximum absolute atomic E-state index is 5.45. The van der Waals surface area contributed by atoms with E-state index in [0.29, 0.717) is 13.2 Å². The van der Waals surface area contributed by atoms with Crippen molar-refractivity contribution < 1.29 is 4.74 Å². The topological polar surface area (TPSA) is 35.2 Å². The molecule has 0 saturated heterocycles. The van der Waals surface area contributed by atoms with Gasteiger partial charge in [-0.25, -0.2) is 0 Å². The summed E-state index contributed by atoms with van der Waals surface area (Å²) in [6.45, 7) is 1.28. The van der Waals surface area contributed by atoms with Gasteiger partial charge < -0.3 is 10.5 Å². The van der Waals surface area contributed by atoms with Crippen molar-refractivity contribution in [3.8, 4) is 5.75 Å². The summed E-state index contributed by atoms with van der Waals surface area (Å²) in [7, 11) is 0. The average molecular weight is 230 g/mol.